The van der Waals surface area contributed by atoms with Crippen LogP contribution < -0.4 is 10.2 Å². The zero-order valence-electron chi connectivity index (χ0n) is 19.0. The predicted molar refractivity (Wildman–Crippen MR) is 131 cm³/mol. The smallest absolute Gasteiger partial charge is 0.243 e. The van der Waals surface area contributed by atoms with Crippen molar-refractivity contribution in [2.24, 2.45) is 0 Å². The van der Waals surface area contributed by atoms with Crippen LogP contribution in [0.2, 0.25) is 0 Å². The Balaban J connectivity index is 1.40. The van der Waals surface area contributed by atoms with E-state index in [0.29, 0.717) is 10.8 Å². The van der Waals surface area contributed by atoms with E-state index in [0.717, 1.165) is 37.6 Å². The Hall–Kier alpha value is -3.40. The van der Waals surface area contributed by atoms with E-state index in [1.165, 1.54) is 47.3 Å². The van der Waals surface area contributed by atoms with Crippen LogP contribution in [-0.4, -0.2) is 63.9 Å². The number of carbonyl (C=O) groups is 2. The molecule has 2 heterocycles. The van der Waals surface area contributed by atoms with E-state index in [-0.39, 0.29) is 29.9 Å². The average molecular weight is 483 g/mol. The Morgan fingerprint density at radius 1 is 1.03 bits per heavy atom. The molecule has 3 aromatic rings. The zero-order valence-corrected chi connectivity index (χ0v) is 19.8. The molecule has 1 saturated heterocycles. The Labute approximate surface area is 202 Å². The number of likely N-dealkylation sites (N-methyl/N-ethyl adjacent to an activating group) is 1. The van der Waals surface area contributed by atoms with Crippen molar-refractivity contribution in [2.45, 2.75) is 24.4 Å². The molecule has 0 spiro atoms. The van der Waals surface area contributed by atoms with Crippen LogP contribution in [0.15, 0.2) is 59.8 Å². The van der Waals surface area contributed by atoms with Gasteiger partial charge in [0.05, 0.1) is 18.0 Å². The lowest BCUT2D eigenvalue weighted by Gasteiger charge is -2.27. The van der Waals surface area contributed by atoms with Gasteiger partial charge in [0.2, 0.25) is 17.8 Å². The summed E-state index contributed by atoms with van der Waals surface area (Å²) in [5.74, 6) is -0.0404. The number of hydrogen-bond acceptors (Lipinski definition) is 6. The average Bonchev–Trinajstić information content (AvgIpc) is 3.29. The number of hydrogen-bond donors (Lipinski definition) is 1. The molecule has 2 aromatic carbocycles. The van der Waals surface area contributed by atoms with E-state index in [9.17, 15) is 14.0 Å². The van der Waals surface area contributed by atoms with Gasteiger partial charge < -0.3 is 15.1 Å². The van der Waals surface area contributed by atoms with Gasteiger partial charge in [0.1, 0.15) is 5.82 Å². The number of anilines is 2. The number of nitrogens with one attached hydrogen (secondary N) is 1. The van der Waals surface area contributed by atoms with Crippen LogP contribution in [0.3, 0.4) is 0 Å². The first-order valence-corrected chi connectivity index (χ1v) is 12.2. The van der Waals surface area contributed by atoms with Crippen molar-refractivity contribution in [3.63, 3.8) is 0 Å². The normalized spacial score (nSPS) is 13.5. The highest BCUT2D eigenvalue weighted by molar-refractivity contribution is 7.99. The number of nitrogens with zero attached hydrogens (tertiary/aromatic N) is 5. The largest absolute Gasteiger partial charge is 0.341 e. The quantitative estimate of drug-likeness (QED) is 0.494. The van der Waals surface area contributed by atoms with E-state index < -0.39 is 0 Å². The summed E-state index contributed by atoms with van der Waals surface area (Å²) < 4.78 is 15.0. The maximum atomic E-state index is 13.0. The van der Waals surface area contributed by atoms with Crippen LogP contribution in [0.1, 0.15) is 19.3 Å². The number of carbonyl (C=O) groups excluding carboxylic acids is 2. The molecule has 1 fully saturated rings. The van der Waals surface area contributed by atoms with E-state index in [1.54, 1.807) is 7.05 Å². The molecular formula is C24H27FN6O2S. The number of aromatic nitrogens is 3. The lowest BCUT2D eigenvalue weighted by atomic mass is 10.1. The SMILES string of the molecule is CN(CC(=O)Nc1ccc(F)cc1)C(=O)CSc1nnc(N2CCCCC2)n1-c1ccccc1. The summed E-state index contributed by atoms with van der Waals surface area (Å²) in [4.78, 5) is 28.6. The Morgan fingerprint density at radius 2 is 1.74 bits per heavy atom. The molecule has 0 atom stereocenters. The van der Waals surface area contributed by atoms with Gasteiger partial charge in [0, 0.05) is 25.8 Å². The molecule has 4 rings (SSSR count). The predicted octanol–water partition coefficient (Wildman–Crippen LogP) is 3.59. The molecule has 34 heavy (non-hydrogen) atoms. The molecule has 0 unspecified atom stereocenters. The van der Waals surface area contributed by atoms with Crippen molar-refractivity contribution in [3.8, 4) is 5.69 Å². The lowest BCUT2D eigenvalue weighted by molar-refractivity contribution is -0.131. The minimum absolute atomic E-state index is 0.110. The van der Waals surface area contributed by atoms with Crippen LogP contribution >= 0.6 is 11.8 Å². The van der Waals surface area contributed by atoms with Crippen LogP contribution in [0.5, 0.6) is 0 Å². The van der Waals surface area contributed by atoms with Crippen molar-refractivity contribution >= 4 is 35.2 Å². The third-order valence-electron chi connectivity index (χ3n) is 5.53. The highest BCUT2D eigenvalue weighted by Gasteiger charge is 2.23. The molecule has 2 amide bonds. The molecule has 0 saturated carbocycles. The second-order valence-electron chi connectivity index (χ2n) is 8.09. The number of rotatable bonds is 8. The first kappa shape index (κ1) is 23.7. The van der Waals surface area contributed by atoms with Crippen molar-refractivity contribution in [1.29, 1.82) is 0 Å². The highest BCUT2D eigenvalue weighted by atomic mass is 32.2. The van der Waals surface area contributed by atoms with Crippen LogP contribution in [0.4, 0.5) is 16.0 Å². The van der Waals surface area contributed by atoms with Gasteiger partial charge in [-0.05, 0) is 55.7 Å². The summed E-state index contributed by atoms with van der Waals surface area (Å²) in [5.41, 5.74) is 1.41. The van der Waals surface area contributed by atoms with Crippen molar-refractivity contribution in [3.05, 3.63) is 60.4 Å². The Kier molecular flexibility index (Phi) is 7.79. The topological polar surface area (TPSA) is 83.4 Å². The number of para-hydroxylation sites is 1. The van der Waals surface area contributed by atoms with Gasteiger partial charge in [-0.2, -0.15) is 0 Å². The summed E-state index contributed by atoms with van der Waals surface area (Å²) in [6.45, 7) is 1.75. The second kappa shape index (κ2) is 11.1. The van der Waals surface area contributed by atoms with Gasteiger partial charge in [-0.3, -0.25) is 14.2 Å². The fourth-order valence-corrected chi connectivity index (χ4v) is 4.62. The van der Waals surface area contributed by atoms with Crippen molar-refractivity contribution < 1.29 is 14.0 Å². The maximum Gasteiger partial charge on any atom is 0.243 e. The van der Waals surface area contributed by atoms with Crippen molar-refractivity contribution in [1.82, 2.24) is 19.7 Å². The molecular weight excluding hydrogens is 455 g/mol. The summed E-state index contributed by atoms with van der Waals surface area (Å²) in [6, 6.07) is 15.3. The Bertz CT molecular complexity index is 1120. The number of halogens is 1. The Morgan fingerprint density at radius 3 is 2.44 bits per heavy atom. The molecule has 0 radical (unpaired) electrons. The number of thioether (sulfide) groups is 1. The van der Waals surface area contributed by atoms with Crippen LogP contribution in [-0.2, 0) is 9.59 Å². The molecule has 178 valence electrons. The lowest BCUT2D eigenvalue weighted by Crippen LogP contribution is -2.36. The number of piperidine rings is 1. The summed E-state index contributed by atoms with van der Waals surface area (Å²) in [5, 5.41) is 12.1. The third kappa shape index (κ3) is 5.93. The zero-order chi connectivity index (χ0) is 23.9. The minimum atomic E-state index is -0.380. The van der Waals surface area contributed by atoms with E-state index in [2.05, 4.69) is 20.4 Å². The van der Waals surface area contributed by atoms with E-state index >= 15 is 0 Å². The summed E-state index contributed by atoms with van der Waals surface area (Å²) in [7, 11) is 1.58. The molecule has 1 aromatic heterocycles. The van der Waals surface area contributed by atoms with Gasteiger partial charge >= 0.3 is 0 Å². The molecule has 1 N–H and O–H groups in total. The molecule has 0 bridgehead atoms. The van der Waals surface area contributed by atoms with E-state index in [4.69, 9.17) is 0 Å². The van der Waals surface area contributed by atoms with Gasteiger partial charge in [0.15, 0.2) is 5.16 Å². The van der Waals surface area contributed by atoms with Gasteiger partial charge in [-0.1, -0.05) is 30.0 Å². The van der Waals surface area contributed by atoms with Crippen LogP contribution in [0, 0.1) is 5.82 Å². The molecule has 1 aliphatic rings. The molecule has 8 nitrogen and oxygen atoms in total. The molecule has 1 aliphatic heterocycles. The summed E-state index contributed by atoms with van der Waals surface area (Å²) >= 11 is 1.29. The van der Waals surface area contributed by atoms with E-state index in [1.807, 2.05) is 34.9 Å². The van der Waals surface area contributed by atoms with Crippen LogP contribution in [0.25, 0.3) is 5.69 Å². The first-order chi connectivity index (χ1) is 16.5. The maximum absolute atomic E-state index is 13.0. The molecule has 0 aliphatic carbocycles. The summed E-state index contributed by atoms with van der Waals surface area (Å²) in [6.07, 6.45) is 3.45. The second-order valence-corrected chi connectivity index (χ2v) is 9.04. The highest BCUT2D eigenvalue weighted by Crippen LogP contribution is 2.28. The third-order valence-corrected chi connectivity index (χ3v) is 6.44. The number of amides is 2. The van der Waals surface area contributed by atoms with Gasteiger partial charge in [-0.15, -0.1) is 10.2 Å². The molecule has 10 heteroatoms. The van der Waals surface area contributed by atoms with Gasteiger partial charge in [0.25, 0.3) is 0 Å². The van der Waals surface area contributed by atoms with Gasteiger partial charge in [-0.25, -0.2) is 4.39 Å². The standard InChI is InChI=1S/C24H27FN6O2S/c1-29(16-21(32)26-19-12-10-18(25)11-13-19)22(33)17-34-24-28-27-23(30-14-6-3-7-15-30)31(24)20-8-4-2-5-9-20/h2,4-5,8-13H,3,6-7,14-17H2,1H3,(H,26,32). The number of benzene rings is 2. The minimum Gasteiger partial charge on any atom is -0.341 e. The monoisotopic (exact) mass is 482 g/mol. The fraction of sp³-hybridized carbons (Fsp3) is 0.333. The first-order valence-electron chi connectivity index (χ1n) is 11.2. The van der Waals surface area contributed by atoms with Crippen molar-refractivity contribution in [2.75, 3.05) is 42.7 Å². The fourth-order valence-electron chi connectivity index (χ4n) is 3.73.